The first kappa shape index (κ1) is 12.2. The molecule has 0 aliphatic heterocycles. The Morgan fingerprint density at radius 1 is 1.18 bits per heavy atom. The quantitative estimate of drug-likeness (QED) is 0.854. The fourth-order valence-electron chi connectivity index (χ4n) is 1.13. The molecule has 1 aromatic heterocycles. The van der Waals surface area contributed by atoms with Crippen molar-refractivity contribution in [2.45, 2.75) is 0 Å². The zero-order valence-corrected chi connectivity index (χ0v) is 10.5. The van der Waals surface area contributed by atoms with Gasteiger partial charge in [-0.25, -0.2) is 4.98 Å². The van der Waals surface area contributed by atoms with Crippen molar-refractivity contribution in [2.75, 3.05) is 5.32 Å². The lowest BCUT2D eigenvalue weighted by Gasteiger charge is -2.06. The fraction of sp³-hybridized carbons (Fsp3) is 0. The predicted octanol–water partition coefficient (Wildman–Crippen LogP) is 3.89. The van der Waals surface area contributed by atoms with E-state index >= 15 is 0 Å². The summed E-state index contributed by atoms with van der Waals surface area (Å²) >= 11 is 17.5. The van der Waals surface area contributed by atoms with E-state index in [0.717, 1.165) is 6.39 Å². The number of rotatable bonds is 2. The van der Waals surface area contributed by atoms with Gasteiger partial charge in [0.1, 0.15) is 0 Å². The molecule has 0 fully saturated rings. The number of carbonyl (C=O) groups excluding carboxylic acids is 1. The van der Waals surface area contributed by atoms with Crippen LogP contribution in [0.15, 0.2) is 29.1 Å². The van der Waals surface area contributed by atoms with Gasteiger partial charge in [-0.3, -0.25) is 4.79 Å². The lowest BCUT2D eigenvalue weighted by atomic mass is 10.3. The summed E-state index contributed by atoms with van der Waals surface area (Å²) in [5.41, 5.74) is 0.350. The van der Waals surface area contributed by atoms with Gasteiger partial charge in [0.25, 0.3) is 5.91 Å². The number of anilines is 1. The highest BCUT2D eigenvalue weighted by atomic mass is 35.5. The number of benzene rings is 1. The first-order chi connectivity index (χ1) is 8.08. The molecule has 2 aromatic rings. The Morgan fingerprint density at radius 2 is 1.88 bits per heavy atom. The zero-order chi connectivity index (χ0) is 12.4. The van der Waals surface area contributed by atoms with E-state index in [9.17, 15) is 4.79 Å². The van der Waals surface area contributed by atoms with E-state index in [0.29, 0.717) is 15.7 Å². The second-order valence-electron chi connectivity index (χ2n) is 3.07. The Kier molecular flexibility index (Phi) is 3.57. The second-order valence-corrected chi connectivity index (χ2v) is 4.29. The van der Waals surface area contributed by atoms with Crippen molar-refractivity contribution in [3.8, 4) is 0 Å². The summed E-state index contributed by atoms with van der Waals surface area (Å²) in [7, 11) is 0. The van der Waals surface area contributed by atoms with Crippen molar-refractivity contribution in [3.63, 3.8) is 0 Å². The Bertz CT molecular complexity index is 555. The van der Waals surface area contributed by atoms with E-state index in [2.05, 4.69) is 10.3 Å². The SMILES string of the molecule is O=C(Nc1cc(Cl)c(Cl)cc1Cl)c1cnco1. The molecule has 1 N–H and O–H groups in total. The van der Waals surface area contributed by atoms with Gasteiger partial charge in [-0.1, -0.05) is 34.8 Å². The van der Waals surface area contributed by atoms with Crippen LogP contribution in [0, 0.1) is 0 Å². The van der Waals surface area contributed by atoms with Crippen LogP contribution in [0.25, 0.3) is 0 Å². The number of hydrogen-bond acceptors (Lipinski definition) is 3. The fourth-order valence-corrected chi connectivity index (χ4v) is 1.72. The molecule has 0 aliphatic rings. The van der Waals surface area contributed by atoms with Gasteiger partial charge < -0.3 is 9.73 Å². The summed E-state index contributed by atoms with van der Waals surface area (Å²) in [6.45, 7) is 0. The van der Waals surface area contributed by atoms with Crippen LogP contribution in [0.4, 0.5) is 5.69 Å². The van der Waals surface area contributed by atoms with Gasteiger partial charge in [-0.2, -0.15) is 0 Å². The third-order valence-corrected chi connectivity index (χ3v) is 2.95. The minimum atomic E-state index is -0.470. The topological polar surface area (TPSA) is 55.1 Å². The highest BCUT2D eigenvalue weighted by Crippen LogP contribution is 2.32. The van der Waals surface area contributed by atoms with Gasteiger partial charge in [0, 0.05) is 0 Å². The molecular weight excluding hydrogens is 286 g/mol. The minimum absolute atomic E-state index is 0.0761. The van der Waals surface area contributed by atoms with Gasteiger partial charge in [0.15, 0.2) is 6.39 Å². The number of nitrogens with one attached hydrogen (secondary N) is 1. The van der Waals surface area contributed by atoms with Crippen LogP contribution in [0.3, 0.4) is 0 Å². The molecule has 7 heteroatoms. The first-order valence-electron chi connectivity index (χ1n) is 4.42. The molecule has 0 radical (unpaired) electrons. The molecule has 17 heavy (non-hydrogen) atoms. The largest absolute Gasteiger partial charge is 0.438 e. The first-order valence-corrected chi connectivity index (χ1v) is 5.55. The molecule has 0 saturated carbocycles. The smallest absolute Gasteiger partial charge is 0.293 e. The molecule has 1 amide bonds. The molecule has 0 bridgehead atoms. The Balaban J connectivity index is 2.25. The molecule has 0 spiro atoms. The van der Waals surface area contributed by atoms with Gasteiger partial charge in [0.2, 0.25) is 5.76 Å². The van der Waals surface area contributed by atoms with Crippen LogP contribution in [0.2, 0.25) is 15.1 Å². The number of amides is 1. The van der Waals surface area contributed by atoms with Crippen LogP contribution in [-0.2, 0) is 0 Å². The summed E-state index contributed by atoms with van der Waals surface area (Å²) in [4.78, 5) is 15.3. The van der Waals surface area contributed by atoms with Gasteiger partial charge in [0.05, 0.1) is 27.0 Å². The predicted molar refractivity (Wildman–Crippen MR) is 65.9 cm³/mol. The molecule has 4 nitrogen and oxygen atoms in total. The molecular formula is C10H5Cl3N2O2. The number of halogens is 3. The third kappa shape index (κ3) is 2.72. The van der Waals surface area contributed by atoms with Gasteiger partial charge in [-0.15, -0.1) is 0 Å². The average Bonchev–Trinajstić information content (AvgIpc) is 2.79. The highest BCUT2D eigenvalue weighted by molar-refractivity contribution is 6.44. The summed E-state index contributed by atoms with van der Waals surface area (Å²) in [6, 6.07) is 2.90. The van der Waals surface area contributed by atoms with E-state index in [-0.39, 0.29) is 10.8 Å². The summed E-state index contributed by atoms with van der Waals surface area (Å²) in [6.07, 6.45) is 2.45. The molecule has 1 heterocycles. The lowest BCUT2D eigenvalue weighted by molar-refractivity contribution is 0.0996. The van der Waals surface area contributed by atoms with Crippen molar-refractivity contribution >= 4 is 46.4 Å². The number of carbonyl (C=O) groups is 1. The average molecular weight is 292 g/mol. The van der Waals surface area contributed by atoms with E-state index in [1.165, 1.54) is 18.3 Å². The van der Waals surface area contributed by atoms with E-state index < -0.39 is 5.91 Å². The summed E-state index contributed by atoms with van der Waals surface area (Å²) in [5.74, 6) is -0.394. The van der Waals surface area contributed by atoms with Gasteiger partial charge in [-0.05, 0) is 12.1 Å². The number of nitrogens with zero attached hydrogens (tertiary/aromatic N) is 1. The van der Waals surface area contributed by atoms with E-state index in [1.807, 2.05) is 0 Å². The molecule has 2 rings (SSSR count). The van der Waals surface area contributed by atoms with Gasteiger partial charge >= 0.3 is 0 Å². The summed E-state index contributed by atoms with van der Waals surface area (Å²) < 4.78 is 4.84. The maximum absolute atomic E-state index is 11.6. The maximum atomic E-state index is 11.6. The van der Waals surface area contributed by atoms with Crippen LogP contribution in [0.1, 0.15) is 10.6 Å². The van der Waals surface area contributed by atoms with Crippen LogP contribution >= 0.6 is 34.8 Å². The Labute approximate surface area is 111 Å². The zero-order valence-electron chi connectivity index (χ0n) is 8.21. The molecule has 0 aliphatic carbocycles. The number of oxazole rings is 1. The minimum Gasteiger partial charge on any atom is -0.438 e. The third-order valence-electron chi connectivity index (χ3n) is 1.91. The van der Waals surface area contributed by atoms with Crippen molar-refractivity contribution in [2.24, 2.45) is 0 Å². The van der Waals surface area contributed by atoms with E-state index in [1.54, 1.807) is 0 Å². The maximum Gasteiger partial charge on any atom is 0.293 e. The Hall–Kier alpha value is -1.23. The van der Waals surface area contributed by atoms with Crippen molar-refractivity contribution in [1.82, 2.24) is 4.98 Å². The van der Waals surface area contributed by atoms with E-state index in [4.69, 9.17) is 39.2 Å². The van der Waals surface area contributed by atoms with Crippen LogP contribution in [-0.4, -0.2) is 10.9 Å². The molecule has 0 saturated heterocycles. The normalized spacial score (nSPS) is 10.3. The molecule has 88 valence electrons. The number of hydrogen-bond donors (Lipinski definition) is 1. The summed E-state index contributed by atoms with van der Waals surface area (Å²) in [5, 5.41) is 3.43. The second kappa shape index (κ2) is 4.96. The highest BCUT2D eigenvalue weighted by Gasteiger charge is 2.13. The van der Waals surface area contributed by atoms with Crippen LogP contribution in [0.5, 0.6) is 0 Å². The number of aromatic nitrogens is 1. The molecule has 0 atom stereocenters. The lowest BCUT2D eigenvalue weighted by Crippen LogP contribution is -2.11. The monoisotopic (exact) mass is 290 g/mol. The van der Waals surface area contributed by atoms with Crippen molar-refractivity contribution in [1.29, 1.82) is 0 Å². The van der Waals surface area contributed by atoms with Crippen molar-refractivity contribution in [3.05, 3.63) is 45.6 Å². The molecule has 1 aromatic carbocycles. The molecule has 0 unspecified atom stereocenters. The van der Waals surface area contributed by atoms with Crippen molar-refractivity contribution < 1.29 is 9.21 Å². The van der Waals surface area contributed by atoms with Crippen LogP contribution < -0.4 is 5.32 Å². The Morgan fingerprint density at radius 3 is 2.53 bits per heavy atom. The standard InChI is InChI=1S/C10H5Cl3N2O2/c11-5-1-7(13)8(2-6(5)12)15-10(16)9-3-14-4-17-9/h1-4H,(H,15,16).